The largest absolute Gasteiger partial charge is 0.484 e. The molecule has 0 heterocycles. The Morgan fingerprint density at radius 1 is 1.10 bits per heavy atom. The number of carbonyl (C=O) groups is 2. The van der Waals surface area contributed by atoms with Crippen molar-refractivity contribution < 1.29 is 14.3 Å². The van der Waals surface area contributed by atoms with Crippen LogP contribution in [0.3, 0.4) is 0 Å². The first-order valence-electron chi connectivity index (χ1n) is 9.30. The Hall–Kier alpha value is -2.24. The lowest BCUT2D eigenvalue weighted by Gasteiger charge is -2.31. The predicted octanol–water partition coefficient (Wildman–Crippen LogP) is 4.70. The van der Waals surface area contributed by atoms with Crippen molar-refractivity contribution in [1.82, 2.24) is 10.2 Å². The number of rotatable bonds is 7. The van der Waals surface area contributed by atoms with Gasteiger partial charge in [-0.2, -0.15) is 0 Å². The van der Waals surface area contributed by atoms with E-state index < -0.39 is 11.6 Å². The van der Waals surface area contributed by atoms with Crippen molar-refractivity contribution in [3.05, 3.63) is 64.1 Å². The second-order valence-corrected chi connectivity index (χ2v) is 8.62. The molecule has 0 saturated heterocycles. The van der Waals surface area contributed by atoms with Crippen LogP contribution in [0.25, 0.3) is 0 Å². The molecule has 0 spiro atoms. The molecule has 29 heavy (non-hydrogen) atoms. The summed E-state index contributed by atoms with van der Waals surface area (Å²) in [6.45, 7) is 7.32. The summed E-state index contributed by atoms with van der Waals surface area (Å²) < 4.78 is 5.59. The lowest BCUT2D eigenvalue weighted by atomic mass is 10.1. The maximum atomic E-state index is 13.0. The fourth-order valence-electron chi connectivity index (χ4n) is 2.65. The third-order valence-electron chi connectivity index (χ3n) is 4.12. The summed E-state index contributed by atoms with van der Waals surface area (Å²) in [4.78, 5) is 27.1. The first-order chi connectivity index (χ1) is 13.6. The van der Waals surface area contributed by atoms with Gasteiger partial charge in [0.2, 0.25) is 5.91 Å². The van der Waals surface area contributed by atoms with Crippen molar-refractivity contribution >= 4 is 35.0 Å². The minimum Gasteiger partial charge on any atom is -0.484 e. The lowest BCUT2D eigenvalue weighted by molar-refractivity contribution is -0.142. The molecular weight excluding hydrogens is 411 g/mol. The molecule has 0 saturated carbocycles. The predicted molar refractivity (Wildman–Crippen MR) is 116 cm³/mol. The van der Waals surface area contributed by atoms with Crippen LogP contribution in [0.2, 0.25) is 10.0 Å². The van der Waals surface area contributed by atoms with Crippen molar-refractivity contribution in [3.63, 3.8) is 0 Å². The summed E-state index contributed by atoms with van der Waals surface area (Å²) in [6, 6.07) is 13.3. The van der Waals surface area contributed by atoms with Crippen LogP contribution in [0, 0.1) is 0 Å². The molecule has 0 fully saturated rings. The highest BCUT2D eigenvalue weighted by atomic mass is 35.5. The summed E-state index contributed by atoms with van der Waals surface area (Å²) in [5.41, 5.74) is 0.336. The van der Waals surface area contributed by atoms with Gasteiger partial charge in [0, 0.05) is 22.1 Å². The average Bonchev–Trinajstić information content (AvgIpc) is 2.63. The van der Waals surface area contributed by atoms with Gasteiger partial charge in [-0.1, -0.05) is 47.5 Å². The molecule has 156 valence electrons. The molecule has 1 atom stereocenters. The third kappa shape index (κ3) is 7.26. The Morgan fingerprint density at radius 3 is 2.41 bits per heavy atom. The highest BCUT2D eigenvalue weighted by Crippen LogP contribution is 2.20. The highest BCUT2D eigenvalue weighted by Gasteiger charge is 2.29. The van der Waals surface area contributed by atoms with Gasteiger partial charge in [0.15, 0.2) is 6.61 Å². The lowest BCUT2D eigenvalue weighted by Crippen LogP contribution is -2.53. The Kier molecular flexibility index (Phi) is 7.94. The van der Waals surface area contributed by atoms with Crippen molar-refractivity contribution in [2.75, 3.05) is 6.61 Å². The van der Waals surface area contributed by atoms with E-state index in [9.17, 15) is 9.59 Å². The topological polar surface area (TPSA) is 58.6 Å². The fraction of sp³-hybridized carbons (Fsp3) is 0.364. The number of ether oxygens (including phenoxy) is 1. The molecule has 2 amide bonds. The van der Waals surface area contributed by atoms with Gasteiger partial charge >= 0.3 is 0 Å². The van der Waals surface area contributed by atoms with Gasteiger partial charge in [0.05, 0.1) is 0 Å². The van der Waals surface area contributed by atoms with E-state index in [2.05, 4.69) is 5.32 Å². The zero-order valence-corrected chi connectivity index (χ0v) is 18.6. The summed E-state index contributed by atoms with van der Waals surface area (Å²) in [6.07, 6.45) is 0. The standard InChI is InChI=1S/C22H26Cl2N2O3/c1-15(21(28)25-22(2,3)4)26(13-16-8-5-6-11-19(16)24)20(27)14-29-18-10-7-9-17(23)12-18/h5-12,15H,13-14H2,1-4H3,(H,25,28)/t15-/m1/s1. The number of nitrogens with zero attached hydrogens (tertiary/aromatic N) is 1. The van der Waals surface area contributed by atoms with Gasteiger partial charge in [0.1, 0.15) is 11.8 Å². The Bertz CT molecular complexity index is 865. The van der Waals surface area contributed by atoms with Crippen molar-refractivity contribution in [2.45, 2.75) is 45.8 Å². The third-order valence-corrected chi connectivity index (χ3v) is 4.73. The van der Waals surface area contributed by atoms with Crippen LogP contribution in [0.1, 0.15) is 33.3 Å². The Balaban J connectivity index is 2.19. The molecular formula is C22H26Cl2N2O3. The smallest absolute Gasteiger partial charge is 0.261 e. The maximum absolute atomic E-state index is 13.0. The van der Waals surface area contributed by atoms with Crippen LogP contribution in [0.15, 0.2) is 48.5 Å². The molecule has 7 heteroatoms. The molecule has 2 aromatic rings. The van der Waals surface area contributed by atoms with E-state index in [4.69, 9.17) is 27.9 Å². The monoisotopic (exact) mass is 436 g/mol. The minimum atomic E-state index is -0.707. The van der Waals surface area contributed by atoms with Gasteiger partial charge in [0.25, 0.3) is 5.91 Å². The SMILES string of the molecule is C[C@H](C(=O)NC(C)(C)C)N(Cc1ccccc1Cl)C(=O)COc1cccc(Cl)c1. The average molecular weight is 437 g/mol. The van der Waals surface area contributed by atoms with Gasteiger partial charge in [-0.25, -0.2) is 0 Å². The van der Waals surface area contributed by atoms with Gasteiger partial charge in [-0.3, -0.25) is 9.59 Å². The second-order valence-electron chi connectivity index (χ2n) is 7.77. The molecule has 1 N–H and O–H groups in total. The maximum Gasteiger partial charge on any atom is 0.261 e. The minimum absolute atomic E-state index is 0.191. The van der Waals surface area contributed by atoms with E-state index >= 15 is 0 Å². The molecule has 2 aromatic carbocycles. The van der Waals surface area contributed by atoms with Crippen LogP contribution < -0.4 is 10.1 Å². The van der Waals surface area contributed by atoms with Gasteiger partial charge in [-0.15, -0.1) is 0 Å². The Labute approximate surface area is 181 Å². The molecule has 0 radical (unpaired) electrons. The summed E-state index contributed by atoms with van der Waals surface area (Å²) in [7, 11) is 0. The van der Waals surface area contributed by atoms with Crippen molar-refractivity contribution in [3.8, 4) is 5.75 Å². The van der Waals surface area contributed by atoms with E-state index in [1.807, 2.05) is 39.0 Å². The molecule has 0 unspecified atom stereocenters. The quantitative estimate of drug-likeness (QED) is 0.683. The molecule has 0 bridgehead atoms. The van der Waals surface area contributed by atoms with Crippen molar-refractivity contribution in [1.29, 1.82) is 0 Å². The fourth-order valence-corrected chi connectivity index (χ4v) is 3.03. The van der Waals surface area contributed by atoms with Crippen LogP contribution in [0.4, 0.5) is 0 Å². The number of halogens is 2. The van der Waals surface area contributed by atoms with Crippen LogP contribution in [-0.2, 0) is 16.1 Å². The van der Waals surface area contributed by atoms with E-state index in [1.165, 1.54) is 4.90 Å². The molecule has 0 aliphatic heterocycles. The summed E-state index contributed by atoms with van der Waals surface area (Å²) >= 11 is 12.2. The van der Waals surface area contributed by atoms with Crippen molar-refractivity contribution in [2.24, 2.45) is 0 Å². The number of carbonyl (C=O) groups excluding carboxylic acids is 2. The van der Waals surface area contributed by atoms with E-state index in [0.717, 1.165) is 5.56 Å². The highest BCUT2D eigenvalue weighted by molar-refractivity contribution is 6.31. The van der Waals surface area contributed by atoms with Gasteiger partial charge < -0.3 is 15.0 Å². The molecule has 0 aliphatic carbocycles. The number of hydrogen-bond acceptors (Lipinski definition) is 3. The number of nitrogens with one attached hydrogen (secondary N) is 1. The summed E-state index contributed by atoms with van der Waals surface area (Å²) in [5, 5.41) is 3.96. The first kappa shape index (κ1) is 23.0. The van der Waals surface area contributed by atoms with E-state index in [1.54, 1.807) is 37.3 Å². The molecule has 5 nitrogen and oxygen atoms in total. The van der Waals surface area contributed by atoms with Crippen LogP contribution in [-0.4, -0.2) is 34.9 Å². The molecule has 2 rings (SSSR count). The van der Waals surface area contributed by atoms with E-state index in [-0.39, 0.29) is 25.0 Å². The second kappa shape index (κ2) is 9.99. The molecule has 0 aliphatic rings. The zero-order chi connectivity index (χ0) is 21.6. The summed E-state index contributed by atoms with van der Waals surface area (Å²) in [5.74, 6) is -0.0996. The first-order valence-corrected chi connectivity index (χ1v) is 10.1. The normalized spacial score (nSPS) is 12.2. The van der Waals surface area contributed by atoms with Crippen LogP contribution >= 0.6 is 23.2 Å². The van der Waals surface area contributed by atoms with Gasteiger partial charge in [-0.05, 0) is 57.5 Å². The van der Waals surface area contributed by atoms with Crippen LogP contribution in [0.5, 0.6) is 5.75 Å². The molecule has 0 aromatic heterocycles. The zero-order valence-electron chi connectivity index (χ0n) is 17.0. The van der Waals surface area contributed by atoms with E-state index in [0.29, 0.717) is 15.8 Å². The Morgan fingerprint density at radius 2 is 1.79 bits per heavy atom. The number of hydrogen-bond donors (Lipinski definition) is 1. The number of amides is 2. The number of benzene rings is 2.